The van der Waals surface area contributed by atoms with E-state index in [-0.39, 0.29) is 6.10 Å². The van der Waals surface area contributed by atoms with Gasteiger partial charge in [0.05, 0.1) is 38.6 Å². The van der Waals surface area contributed by atoms with Crippen LogP contribution in [0.2, 0.25) is 0 Å². The number of rotatable bonds is 8. The highest BCUT2D eigenvalue weighted by atomic mass is 16.6. The van der Waals surface area contributed by atoms with Crippen LogP contribution in [0.25, 0.3) is 0 Å². The minimum absolute atomic E-state index is 0.301. The van der Waals surface area contributed by atoms with Crippen LogP contribution in [0.1, 0.15) is 63.2 Å². The molecule has 2 aromatic rings. The largest absolute Gasteiger partial charge is 0.487 e. The molecule has 2 N–H and O–H groups in total. The molecule has 1 aliphatic rings. The molecule has 0 bridgehead atoms. The fraction of sp³-hybridized carbons (Fsp3) is 0.600. The summed E-state index contributed by atoms with van der Waals surface area (Å²) in [7, 11) is 0. The molecule has 8 heteroatoms. The smallest absolute Gasteiger partial charge is 0.161 e. The lowest BCUT2D eigenvalue weighted by Gasteiger charge is -2.18. The first-order chi connectivity index (χ1) is 18.6. The van der Waals surface area contributed by atoms with Crippen LogP contribution in [0.3, 0.4) is 0 Å². The van der Waals surface area contributed by atoms with Crippen molar-refractivity contribution in [3.05, 3.63) is 47.5 Å². The van der Waals surface area contributed by atoms with Crippen molar-refractivity contribution in [2.45, 2.75) is 64.6 Å². The zero-order valence-corrected chi connectivity index (χ0v) is 22.9. The average Bonchev–Trinajstić information content (AvgIpc) is 2.94. The average molecular weight is 533 g/mol. The summed E-state index contributed by atoms with van der Waals surface area (Å²) >= 11 is 0. The molecular formula is C30H44O8. The highest BCUT2D eigenvalue weighted by Crippen LogP contribution is 2.32. The second-order valence-electron chi connectivity index (χ2n) is 9.36. The Balaban J connectivity index is 1.59. The summed E-state index contributed by atoms with van der Waals surface area (Å²) in [4.78, 5) is 0. The molecule has 3 rings (SSSR count). The maximum Gasteiger partial charge on any atom is 0.161 e. The molecule has 0 saturated heterocycles. The monoisotopic (exact) mass is 532 g/mol. The number of ether oxygens (including phenoxy) is 6. The number of aliphatic hydroxyl groups is 2. The van der Waals surface area contributed by atoms with Crippen LogP contribution < -0.4 is 18.9 Å². The number of hydrogen-bond donors (Lipinski definition) is 2. The van der Waals surface area contributed by atoms with E-state index in [0.29, 0.717) is 88.7 Å². The molecular weight excluding hydrogens is 488 g/mol. The van der Waals surface area contributed by atoms with E-state index >= 15 is 0 Å². The van der Waals surface area contributed by atoms with Gasteiger partial charge in [0.25, 0.3) is 0 Å². The van der Waals surface area contributed by atoms with Gasteiger partial charge in [-0.25, -0.2) is 0 Å². The first kappa shape index (κ1) is 30.0. The quantitative estimate of drug-likeness (QED) is 0.497. The lowest BCUT2D eigenvalue weighted by Crippen LogP contribution is -2.15. The first-order valence-electron chi connectivity index (χ1n) is 13.9. The molecule has 2 unspecified atom stereocenters. The summed E-state index contributed by atoms with van der Waals surface area (Å²) in [6.45, 7) is 7.10. The molecule has 0 amide bonds. The van der Waals surface area contributed by atoms with Crippen LogP contribution in [0, 0.1) is 0 Å². The van der Waals surface area contributed by atoms with E-state index in [9.17, 15) is 10.2 Å². The molecule has 0 fully saturated rings. The van der Waals surface area contributed by atoms with Gasteiger partial charge in [-0.05, 0) is 61.1 Å². The number of unbranched alkanes of at least 4 members (excludes halogenated alkanes) is 1. The molecule has 1 heterocycles. The van der Waals surface area contributed by atoms with Crippen LogP contribution in [0.4, 0.5) is 0 Å². The summed E-state index contributed by atoms with van der Waals surface area (Å²) in [5, 5.41) is 20.4. The van der Waals surface area contributed by atoms with Crippen molar-refractivity contribution in [1.29, 1.82) is 0 Å². The number of hydrogen-bond acceptors (Lipinski definition) is 8. The Morgan fingerprint density at radius 2 is 1.21 bits per heavy atom. The lowest BCUT2D eigenvalue weighted by atomic mass is 10.0. The molecule has 0 radical (unpaired) electrons. The highest BCUT2D eigenvalue weighted by molar-refractivity contribution is 5.44. The molecule has 0 aliphatic carbocycles. The third-order valence-corrected chi connectivity index (χ3v) is 6.37. The minimum Gasteiger partial charge on any atom is -0.487 e. The van der Waals surface area contributed by atoms with Crippen LogP contribution in [-0.4, -0.2) is 69.2 Å². The topological polar surface area (TPSA) is 95.8 Å². The maximum absolute atomic E-state index is 10.5. The lowest BCUT2D eigenvalue weighted by molar-refractivity contribution is 0.0638. The molecule has 0 aromatic heterocycles. The molecule has 2 atom stereocenters. The Morgan fingerprint density at radius 1 is 0.658 bits per heavy atom. The Bertz CT molecular complexity index is 934. The number of fused-ring (bicyclic) bond motifs is 2. The van der Waals surface area contributed by atoms with Gasteiger partial charge in [0, 0.05) is 0 Å². The number of aryl methyl sites for hydroxylation is 1. The summed E-state index contributed by atoms with van der Waals surface area (Å²) in [5.41, 5.74) is 1.90. The summed E-state index contributed by atoms with van der Waals surface area (Å²) in [6.07, 6.45) is 4.09. The van der Waals surface area contributed by atoms with E-state index in [4.69, 9.17) is 28.4 Å². The van der Waals surface area contributed by atoms with Crippen molar-refractivity contribution in [2.75, 3.05) is 52.9 Å². The third kappa shape index (κ3) is 10.3. The van der Waals surface area contributed by atoms with Crippen molar-refractivity contribution in [3.63, 3.8) is 0 Å². The molecule has 2 aromatic carbocycles. The highest BCUT2D eigenvalue weighted by Gasteiger charge is 2.14. The second kappa shape index (κ2) is 17.1. The molecule has 212 valence electrons. The Morgan fingerprint density at radius 3 is 1.79 bits per heavy atom. The van der Waals surface area contributed by atoms with Gasteiger partial charge in [-0.2, -0.15) is 0 Å². The number of benzene rings is 2. The van der Waals surface area contributed by atoms with Crippen LogP contribution in [-0.2, 0) is 15.9 Å². The summed E-state index contributed by atoms with van der Waals surface area (Å²) < 4.78 is 35.2. The predicted octanol–water partition coefficient (Wildman–Crippen LogP) is 4.88. The SMILES string of the molecule is CCCCC(O)c1ccc2c(c1)OCCOCCOc1ccc(CCC(O)CC)cc1OCCOCCO2. The van der Waals surface area contributed by atoms with Crippen molar-refractivity contribution >= 4 is 0 Å². The van der Waals surface area contributed by atoms with Crippen molar-refractivity contribution in [3.8, 4) is 23.0 Å². The second-order valence-corrected chi connectivity index (χ2v) is 9.36. The zero-order valence-electron chi connectivity index (χ0n) is 22.9. The minimum atomic E-state index is -0.532. The predicted molar refractivity (Wildman–Crippen MR) is 146 cm³/mol. The van der Waals surface area contributed by atoms with E-state index in [0.717, 1.165) is 36.8 Å². The van der Waals surface area contributed by atoms with E-state index in [1.54, 1.807) is 0 Å². The molecule has 1 aliphatic heterocycles. The summed E-state index contributed by atoms with van der Waals surface area (Å²) in [6, 6.07) is 11.4. The maximum atomic E-state index is 10.5. The van der Waals surface area contributed by atoms with Crippen molar-refractivity contribution in [2.24, 2.45) is 0 Å². The fourth-order valence-electron chi connectivity index (χ4n) is 4.05. The molecule has 0 saturated carbocycles. The van der Waals surface area contributed by atoms with Gasteiger partial charge in [0.15, 0.2) is 23.0 Å². The first-order valence-corrected chi connectivity index (χ1v) is 13.9. The fourth-order valence-corrected chi connectivity index (χ4v) is 4.05. The van der Waals surface area contributed by atoms with Gasteiger partial charge in [0.1, 0.15) is 26.4 Å². The molecule has 38 heavy (non-hydrogen) atoms. The van der Waals surface area contributed by atoms with Crippen LogP contribution >= 0.6 is 0 Å². The van der Waals surface area contributed by atoms with E-state index < -0.39 is 6.10 Å². The number of aliphatic hydroxyl groups excluding tert-OH is 2. The normalized spacial score (nSPS) is 17.2. The van der Waals surface area contributed by atoms with Gasteiger partial charge in [-0.15, -0.1) is 0 Å². The summed E-state index contributed by atoms with van der Waals surface area (Å²) in [5.74, 6) is 2.50. The van der Waals surface area contributed by atoms with Gasteiger partial charge in [0.2, 0.25) is 0 Å². The Labute approximate surface area is 226 Å². The zero-order chi connectivity index (χ0) is 27.0. The van der Waals surface area contributed by atoms with Crippen molar-refractivity contribution < 1.29 is 38.6 Å². The van der Waals surface area contributed by atoms with Gasteiger partial charge in [-0.3, -0.25) is 0 Å². The van der Waals surface area contributed by atoms with Crippen LogP contribution in [0.15, 0.2) is 36.4 Å². The third-order valence-electron chi connectivity index (χ3n) is 6.37. The van der Waals surface area contributed by atoms with Crippen LogP contribution in [0.5, 0.6) is 23.0 Å². The van der Waals surface area contributed by atoms with Gasteiger partial charge in [-0.1, -0.05) is 38.8 Å². The van der Waals surface area contributed by atoms with Gasteiger partial charge < -0.3 is 38.6 Å². The Hall–Kier alpha value is -2.52. The standard InChI is InChI=1S/C30H44O8/c1-3-5-6-26(32)24-9-12-28-30(22-24)38-20-16-34-13-17-35-27-11-8-23(7-10-25(31)4-2)21-29(27)37-19-15-33-14-18-36-28/h8-9,11-12,21-22,25-26,31-32H,3-7,10,13-20H2,1-2H3. The Kier molecular flexibility index (Phi) is 13.5. The van der Waals surface area contributed by atoms with E-state index in [1.165, 1.54) is 0 Å². The van der Waals surface area contributed by atoms with E-state index in [1.807, 2.05) is 43.3 Å². The van der Waals surface area contributed by atoms with E-state index in [2.05, 4.69) is 6.92 Å². The molecule has 8 nitrogen and oxygen atoms in total. The van der Waals surface area contributed by atoms with Gasteiger partial charge >= 0.3 is 0 Å². The van der Waals surface area contributed by atoms with Crippen molar-refractivity contribution in [1.82, 2.24) is 0 Å². The molecule has 0 spiro atoms.